The number of hydrogen-bond donors (Lipinski definition) is 3. The largest absolute Gasteiger partial charge is 0.384 e. The van der Waals surface area contributed by atoms with E-state index in [1.165, 1.54) is 12.3 Å². The van der Waals surface area contributed by atoms with Gasteiger partial charge in [-0.3, -0.25) is 5.84 Å². The third-order valence-corrected chi connectivity index (χ3v) is 2.15. The van der Waals surface area contributed by atoms with Gasteiger partial charge in [-0.25, -0.2) is 10.4 Å². The SMILES string of the molecule is NNC(Cc1ccnc(N)c1)C(F)(F)Cl. The predicted octanol–water partition coefficient (Wildman–Crippen LogP) is 0.870. The first kappa shape index (κ1) is 12.1. The van der Waals surface area contributed by atoms with E-state index in [1.807, 2.05) is 5.43 Å². The van der Waals surface area contributed by atoms with Gasteiger partial charge in [-0.05, 0) is 35.7 Å². The molecule has 0 radical (unpaired) electrons. The maximum atomic E-state index is 12.7. The van der Waals surface area contributed by atoms with E-state index < -0.39 is 11.4 Å². The fourth-order valence-electron chi connectivity index (χ4n) is 1.13. The van der Waals surface area contributed by atoms with Gasteiger partial charge in [0.05, 0.1) is 0 Å². The average molecular weight is 237 g/mol. The number of nitrogens with zero attached hydrogens (tertiary/aromatic N) is 1. The van der Waals surface area contributed by atoms with Crippen molar-refractivity contribution < 1.29 is 8.78 Å². The summed E-state index contributed by atoms with van der Waals surface area (Å²) in [6.45, 7) is 0. The molecule has 0 aliphatic carbocycles. The number of aromatic nitrogens is 1. The molecule has 0 bridgehead atoms. The van der Waals surface area contributed by atoms with Crippen LogP contribution in [0.3, 0.4) is 0 Å². The van der Waals surface area contributed by atoms with Crippen molar-refractivity contribution in [1.29, 1.82) is 0 Å². The van der Waals surface area contributed by atoms with Crippen molar-refractivity contribution >= 4 is 17.4 Å². The highest BCUT2D eigenvalue weighted by atomic mass is 35.5. The first-order chi connectivity index (χ1) is 6.93. The quantitative estimate of drug-likeness (QED) is 0.412. The van der Waals surface area contributed by atoms with E-state index in [4.69, 9.17) is 23.2 Å². The van der Waals surface area contributed by atoms with Crippen molar-refractivity contribution in [2.75, 3.05) is 5.73 Å². The first-order valence-electron chi connectivity index (χ1n) is 4.16. The van der Waals surface area contributed by atoms with Crippen LogP contribution in [0.1, 0.15) is 5.56 Å². The second-order valence-electron chi connectivity index (χ2n) is 3.05. The smallest absolute Gasteiger partial charge is 0.338 e. The third-order valence-electron chi connectivity index (χ3n) is 1.88. The predicted molar refractivity (Wildman–Crippen MR) is 54.3 cm³/mol. The Morgan fingerprint density at radius 1 is 1.60 bits per heavy atom. The Kier molecular flexibility index (Phi) is 3.78. The number of nitrogens with two attached hydrogens (primary N) is 2. The van der Waals surface area contributed by atoms with Crippen LogP contribution in [0.25, 0.3) is 0 Å². The van der Waals surface area contributed by atoms with Crippen LogP contribution in [0.2, 0.25) is 0 Å². The molecule has 0 saturated carbocycles. The Labute approximate surface area is 90.6 Å². The Balaban J connectivity index is 2.76. The van der Waals surface area contributed by atoms with Gasteiger partial charge in [-0.2, -0.15) is 8.78 Å². The van der Waals surface area contributed by atoms with Crippen molar-refractivity contribution in [2.45, 2.75) is 17.8 Å². The molecule has 0 aromatic carbocycles. The first-order valence-corrected chi connectivity index (χ1v) is 4.54. The minimum atomic E-state index is -3.41. The van der Waals surface area contributed by atoms with Crippen LogP contribution in [0, 0.1) is 0 Å². The molecule has 0 aliphatic heterocycles. The van der Waals surface area contributed by atoms with Crippen LogP contribution in [0.15, 0.2) is 18.3 Å². The number of anilines is 1. The average Bonchev–Trinajstić information content (AvgIpc) is 2.12. The molecule has 0 fully saturated rings. The van der Waals surface area contributed by atoms with Crippen molar-refractivity contribution in [1.82, 2.24) is 10.4 Å². The van der Waals surface area contributed by atoms with E-state index >= 15 is 0 Å². The van der Waals surface area contributed by atoms with Crippen LogP contribution in [0.5, 0.6) is 0 Å². The number of hydrogen-bond acceptors (Lipinski definition) is 4. The number of halogens is 3. The van der Waals surface area contributed by atoms with Gasteiger partial charge in [0.25, 0.3) is 0 Å². The summed E-state index contributed by atoms with van der Waals surface area (Å²) in [6, 6.07) is 1.72. The molecule has 84 valence electrons. The highest BCUT2D eigenvalue weighted by Gasteiger charge is 2.36. The second-order valence-corrected chi connectivity index (χ2v) is 3.56. The van der Waals surface area contributed by atoms with E-state index in [1.54, 1.807) is 6.07 Å². The van der Waals surface area contributed by atoms with E-state index in [9.17, 15) is 8.78 Å². The lowest BCUT2D eigenvalue weighted by molar-refractivity contribution is 0.0503. The van der Waals surface area contributed by atoms with Crippen LogP contribution in [0.4, 0.5) is 14.6 Å². The molecule has 0 spiro atoms. The molecule has 15 heavy (non-hydrogen) atoms. The molecule has 1 heterocycles. The molecule has 4 nitrogen and oxygen atoms in total. The molecule has 1 rings (SSSR count). The lowest BCUT2D eigenvalue weighted by Crippen LogP contribution is -2.46. The van der Waals surface area contributed by atoms with Gasteiger partial charge in [0, 0.05) is 6.20 Å². The molecule has 5 N–H and O–H groups in total. The standard InChI is InChI=1S/C8H11ClF2N4/c9-8(10,11)6(15-13)3-5-1-2-14-7(12)4-5/h1-2,4,6,15H,3,13H2,(H2,12,14). The van der Waals surface area contributed by atoms with Gasteiger partial charge in [-0.15, -0.1) is 0 Å². The number of rotatable bonds is 4. The van der Waals surface area contributed by atoms with Crippen LogP contribution < -0.4 is 17.0 Å². The Morgan fingerprint density at radius 3 is 2.73 bits per heavy atom. The summed E-state index contributed by atoms with van der Waals surface area (Å²) in [5, 5.41) is -3.41. The zero-order valence-corrected chi connectivity index (χ0v) is 8.51. The molecule has 1 aromatic heterocycles. The van der Waals surface area contributed by atoms with Crippen LogP contribution in [-0.2, 0) is 6.42 Å². The van der Waals surface area contributed by atoms with Gasteiger partial charge in [0.1, 0.15) is 11.9 Å². The molecule has 1 atom stereocenters. The molecule has 1 unspecified atom stereocenters. The minimum Gasteiger partial charge on any atom is -0.384 e. The zero-order chi connectivity index (χ0) is 11.5. The number of pyridine rings is 1. The lowest BCUT2D eigenvalue weighted by atomic mass is 10.1. The minimum absolute atomic E-state index is 0.0281. The normalized spacial score (nSPS) is 13.9. The number of nitrogen functional groups attached to an aromatic ring is 1. The highest BCUT2D eigenvalue weighted by Crippen LogP contribution is 2.25. The zero-order valence-electron chi connectivity index (χ0n) is 7.75. The maximum absolute atomic E-state index is 12.7. The summed E-state index contributed by atoms with van der Waals surface area (Å²) in [7, 11) is 0. The second kappa shape index (κ2) is 4.69. The fraction of sp³-hybridized carbons (Fsp3) is 0.375. The van der Waals surface area contributed by atoms with E-state index in [-0.39, 0.29) is 12.2 Å². The summed E-state index contributed by atoms with van der Waals surface area (Å²) in [4.78, 5) is 3.74. The molecular formula is C8H11ClF2N4. The number of alkyl halides is 3. The topological polar surface area (TPSA) is 77.0 Å². The molecule has 0 saturated heterocycles. The van der Waals surface area contributed by atoms with Gasteiger partial charge >= 0.3 is 5.38 Å². The van der Waals surface area contributed by atoms with Crippen molar-refractivity contribution in [3.8, 4) is 0 Å². The summed E-state index contributed by atoms with van der Waals surface area (Å²) in [5.41, 5.74) is 7.96. The van der Waals surface area contributed by atoms with Crippen molar-refractivity contribution in [3.63, 3.8) is 0 Å². The Hall–Kier alpha value is -0.980. The highest BCUT2D eigenvalue weighted by molar-refractivity contribution is 6.22. The monoisotopic (exact) mass is 236 g/mol. The van der Waals surface area contributed by atoms with Gasteiger partial charge in [0.2, 0.25) is 0 Å². The molecule has 1 aromatic rings. The van der Waals surface area contributed by atoms with Crippen molar-refractivity contribution in [2.24, 2.45) is 5.84 Å². The summed E-state index contributed by atoms with van der Waals surface area (Å²) < 4.78 is 25.5. The van der Waals surface area contributed by atoms with Gasteiger partial charge < -0.3 is 5.73 Å². The Bertz CT molecular complexity index is 329. The van der Waals surface area contributed by atoms with E-state index in [2.05, 4.69) is 4.98 Å². The molecular weight excluding hydrogens is 226 g/mol. The Morgan fingerprint density at radius 2 is 2.27 bits per heavy atom. The third kappa shape index (κ3) is 3.58. The van der Waals surface area contributed by atoms with Gasteiger partial charge in [0.15, 0.2) is 0 Å². The number of nitrogens with one attached hydrogen (secondary N) is 1. The maximum Gasteiger partial charge on any atom is 0.338 e. The van der Waals surface area contributed by atoms with Crippen LogP contribution >= 0.6 is 11.6 Å². The molecule has 0 amide bonds. The summed E-state index contributed by atoms with van der Waals surface area (Å²) >= 11 is 4.87. The lowest BCUT2D eigenvalue weighted by Gasteiger charge is -2.20. The van der Waals surface area contributed by atoms with E-state index in [0.717, 1.165) is 0 Å². The van der Waals surface area contributed by atoms with Crippen LogP contribution in [-0.4, -0.2) is 16.4 Å². The fourth-order valence-corrected chi connectivity index (χ4v) is 1.27. The summed E-state index contributed by atoms with van der Waals surface area (Å²) in [5.74, 6) is 5.25. The van der Waals surface area contributed by atoms with Gasteiger partial charge in [-0.1, -0.05) is 0 Å². The van der Waals surface area contributed by atoms with E-state index in [0.29, 0.717) is 5.56 Å². The molecule has 7 heteroatoms. The summed E-state index contributed by atoms with van der Waals surface area (Å²) in [6.07, 6.45) is 1.41. The molecule has 0 aliphatic rings. The number of hydrazine groups is 1. The van der Waals surface area contributed by atoms with Crippen molar-refractivity contribution in [3.05, 3.63) is 23.9 Å².